The highest BCUT2D eigenvalue weighted by Crippen LogP contribution is 2.24. The first-order valence-electron chi connectivity index (χ1n) is 7.48. The van der Waals surface area contributed by atoms with Gasteiger partial charge in [0.1, 0.15) is 6.04 Å². The summed E-state index contributed by atoms with van der Waals surface area (Å²) in [7, 11) is 2.07. The van der Waals surface area contributed by atoms with Crippen LogP contribution in [0.15, 0.2) is 17.5 Å². The van der Waals surface area contributed by atoms with E-state index >= 15 is 0 Å². The quantitative estimate of drug-likeness (QED) is 0.822. The van der Waals surface area contributed by atoms with E-state index in [0.717, 1.165) is 43.9 Å². The Morgan fingerprint density at radius 3 is 2.62 bits per heavy atom. The van der Waals surface area contributed by atoms with Gasteiger partial charge in [0.2, 0.25) is 5.91 Å². The van der Waals surface area contributed by atoms with Crippen molar-refractivity contribution in [3.05, 3.63) is 22.4 Å². The average Bonchev–Trinajstić information content (AvgIpc) is 3.18. The number of rotatable bonds is 2. The van der Waals surface area contributed by atoms with Gasteiger partial charge in [0, 0.05) is 32.7 Å². The minimum Gasteiger partial charge on any atom is -0.338 e. The summed E-state index contributed by atoms with van der Waals surface area (Å²) < 4.78 is 0. The van der Waals surface area contributed by atoms with Gasteiger partial charge in [-0.25, -0.2) is 0 Å². The van der Waals surface area contributed by atoms with E-state index in [2.05, 4.69) is 11.9 Å². The molecule has 0 aliphatic carbocycles. The number of hydrogen-bond donors (Lipinski definition) is 0. The van der Waals surface area contributed by atoms with E-state index in [9.17, 15) is 9.59 Å². The maximum Gasteiger partial charge on any atom is 0.264 e. The van der Waals surface area contributed by atoms with Crippen molar-refractivity contribution in [2.45, 2.75) is 18.9 Å². The second-order valence-electron chi connectivity index (χ2n) is 5.76. The first-order valence-corrected chi connectivity index (χ1v) is 8.36. The molecule has 0 aromatic carbocycles. The summed E-state index contributed by atoms with van der Waals surface area (Å²) >= 11 is 1.44. The van der Waals surface area contributed by atoms with Gasteiger partial charge >= 0.3 is 0 Å². The molecule has 5 nitrogen and oxygen atoms in total. The molecule has 2 amide bonds. The molecule has 0 spiro atoms. The maximum atomic E-state index is 12.7. The van der Waals surface area contributed by atoms with E-state index in [1.54, 1.807) is 4.90 Å². The van der Waals surface area contributed by atoms with Crippen molar-refractivity contribution in [3.63, 3.8) is 0 Å². The fourth-order valence-electron chi connectivity index (χ4n) is 3.05. The number of likely N-dealkylation sites (N-methyl/N-ethyl adjacent to an activating group) is 1. The second-order valence-corrected chi connectivity index (χ2v) is 6.71. The third kappa shape index (κ3) is 2.96. The number of piperazine rings is 1. The lowest BCUT2D eigenvalue weighted by molar-refractivity contribution is -0.136. The normalized spacial score (nSPS) is 23.6. The third-order valence-electron chi connectivity index (χ3n) is 4.35. The second kappa shape index (κ2) is 6.15. The fraction of sp³-hybridized carbons (Fsp3) is 0.600. The van der Waals surface area contributed by atoms with E-state index in [-0.39, 0.29) is 17.9 Å². The van der Waals surface area contributed by atoms with Crippen LogP contribution in [0.5, 0.6) is 0 Å². The summed E-state index contributed by atoms with van der Waals surface area (Å²) in [5, 5.41) is 1.90. The van der Waals surface area contributed by atoms with Crippen molar-refractivity contribution in [1.82, 2.24) is 14.7 Å². The van der Waals surface area contributed by atoms with Gasteiger partial charge in [-0.15, -0.1) is 11.3 Å². The lowest BCUT2D eigenvalue weighted by Gasteiger charge is -2.35. The molecule has 0 saturated carbocycles. The van der Waals surface area contributed by atoms with Crippen LogP contribution in [0.4, 0.5) is 0 Å². The summed E-state index contributed by atoms with van der Waals surface area (Å²) in [4.78, 5) is 31.9. The largest absolute Gasteiger partial charge is 0.338 e. The Bertz CT molecular complexity index is 509. The van der Waals surface area contributed by atoms with Crippen molar-refractivity contribution in [3.8, 4) is 0 Å². The molecule has 1 unspecified atom stereocenters. The van der Waals surface area contributed by atoms with Crippen molar-refractivity contribution in [1.29, 1.82) is 0 Å². The molecule has 1 aromatic rings. The van der Waals surface area contributed by atoms with Crippen molar-refractivity contribution in [2.75, 3.05) is 39.8 Å². The van der Waals surface area contributed by atoms with Crippen LogP contribution in [0.25, 0.3) is 0 Å². The molecule has 21 heavy (non-hydrogen) atoms. The Labute approximate surface area is 129 Å². The van der Waals surface area contributed by atoms with Crippen LogP contribution in [0.1, 0.15) is 22.5 Å². The first-order chi connectivity index (χ1) is 10.2. The number of hydrogen-bond acceptors (Lipinski definition) is 4. The van der Waals surface area contributed by atoms with Gasteiger partial charge in [-0.3, -0.25) is 9.59 Å². The smallest absolute Gasteiger partial charge is 0.264 e. The van der Waals surface area contributed by atoms with Crippen molar-refractivity contribution in [2.24, 2.45) is 0 Å². The number of amides is 2. The zero-order chi connectivity index (χ0) is 14.8. The SMILES string of the molecule is CN1CCN(C(=O)C2CCCN2C(=O)c2cccs2)CC1. The Morgan fingerprint density at radius 1 is 1.19 bits per heavy atom. The van der Waals surface area contributed by atoms with Crippen molar-refractivity contribution < 1.29 is 9.59 Å². The minimum atomic E-state index is -0.261. The van der Waals surface area contributed by atoms with Gasteiger partial charge in [0.25, 0.3) is 5.91 Å². The van der Waals surface area contributed by atoms with Gasteiger partial charge < -0.3 is 14.7 Å². The maximum absolute atomic E-state index is 12.7. The monoisotopic (exact) mass is 307 g/mol. The lowest BCUT2D eigenvalue weighted by atomic mass is 10.1. The van der Waals surface area contributed by atoms with Crippen LogP contribution < -0.4 is 0 Å². The van der Waals surface area contributed by atoms with Crippen molar-refractivity contribution >= 4 is 23.2 Å². The zero-order valence-corrected chi connectivity index (χ0v) is 13.1. The lowest BCUT2D eigenvalue weighted by Crippen LogP contribution is -2.53. The number of thiophene rings is 1. The average molecular weight is 307 g/mol. The number of likely N-dealkylation sites (tertiary alicyclic amines) is 1. The summed E-state index contributed by atoms with van der Waals surface area (Å²) in [6.07, 6.45) is 1.71. The van der Waals surface area contributed by atoms with Gasteiger partial charge in [0.15, 0.2) is 0 Å². The van der Waals surface area contributed by atoms with Crippen LogP contribution in [0.3, 0.4) is 0 Å². The van der Waals surface area contributed by atoms with E-state index in [0.29, 0.717) is 6.54 Å². The summed E-state index contributed by atoms with van der Waals surface area (Å²) in [6.45, 7) is 4.06. The predicted octanol–water partition coefficient (Wildman–Crippen LogP) is 1.13. The van der Waals surface area contributed by atoms with E-state index in [1.165, 1.54) is 11.3 Å². The predicted molar refractivity (Wildman–Crippen MR) is 82.5 cm³/mol. The Morgan fingerprint density at radius 2 is 1.95 bits per heavy atom. The topological polar surface area (TPSA) is 43.9 Å². The molecule has 2 aliphatic rings. The molecule has 2 fully saturated rings. The minimum absolute atomic E-state index is 0.00924. The molecule has 1 aromatic heterocycles. The van der Waals surface area contributed by atoms with Crippen LogP contribution in [-0.4, -0.2) is 72.3 Å². The molecule has 6 heteroatoms. The zero-order valence-electron chi connectivity index (χ0n) is 12.3. The number of carbonyl (C=O) groups is 2. The molecule has 2 saturated heterocycles. The Hall–Kier alpha value is -1.40. The molecule has 0 bridgehead atoms. The highest BCUT2D eigenvalue weighted by molar-refractivity contribution is 7.12. The summed E-state index contributed by atoms with van der Waals surface area (Å²) in [5.74, 6) is 0.139. The van der Waals surface area contributed by atoms with Crippen LogP contribution in [0.2, 0.25) is 0 Å². The molecule has 3 rings (SSSR count). The van der Waals surface area contributed by atoms with Gasteiger partial charge in [-0.2, -0.15) is 0 Å². The fourth-order valence-corrected chi connectivity index (χ4v) is 3.72. The standard InChI is InChI=1S/C15H21N3O2S/c1-16-7-9-17(10-8-16)14(19)12-4-2-6-18(12)15(20)13-5-3-11-21-13/h3,5,11-12H,2,4,6-10H2,1H3. The molecular weight excluding hydrogens is 286 g/mol. The third-order valence-corrected chi connectivity index (χ3v) is 5.20. The highest BCUT2D eigenvalue weighted by Gasteiger charge is 2.37. The summed E-state index contributed by atoms with van der Waals surface area (Å²) in [5.41, 5.74) is 0. The van der Waals surface area contributed by atoms with E-state index in [4.69, 9.17) is 0 Å². The molecule has 0 N–H and O–H groups in total. The Kier molecular flexibility index (Phi) is 4.26. The van der Waals surface area contributed by atoms with Crippen LogP contribution >= 0.6 is 11.3 Å². The van der Waals surface area contributed by atoms with Gasteiger partial charge in [-0.1, -0.05) is 6.07 Å². The van der Waals surface area contributed by atoms with Crippen LogP contribution in [0, 0.1) is 0 Å². The molecule has 2 aliphatic heterocycles. The highest BCUT2D eigenvalue weighted by atomic mass is 32.1. The molecular formula is C15H21N3O2S. The van der Waals surface area contributed by atoms with E-state index in [1.807, 2.05) is 22.4 Å². The van der Waals surface area contributed by atoms with Gasteiger partial charge in [-0.05, 0) is 31.3 Å². The van der Waals surface area contributed by atoms with Crippen LogP contribution in [-0.2, 0) is 4.79 Å². The molecule has 3 heterocycles. The Balaban J connectivity index is 1.69. The molecule has 1 atom stereocenters. The van der Waals surface area contributed by atoms with E-state index < -0.39 is 0 Å². The number of carbonyl (C=O) groups excluding carboxylic acids is 2. The van der Waals surface area contributed by atoms with Gasteiger partial charge in [0.05, 0.1) is 4.88 Å². The summed E-state index contributed by atoms with van der Waals surface area (Å²) in [6, 6.07) is 3.46. The molecule has 0 radical (unpaired) electrons. The first kappa shape index (κ1) is 14.5. The molecule has 114 valence electrons. The number of nitrogens with zero attached hydrogens (tertiary/aromatic N) is 3.